The number of nitrogens with one attached hydrogen (secondary N) is 1. The van der Waals surface area contributed by atoms with Gasteiger partial charge in [-0.1, -0.05) is 17.4 Å². The smallest absolute Gasteiger partial charge is 0.294 e. The van der Waals surface area contributed by atoms with Crippen LogP contribution in [-0.4, -0.2) is 23.3 Å². The summed E-state index contributed by atoms with van der Waals surface area (Å²) in [6.07, 6.45) is 1.81. The van der Waals surface area contributed by atoms with Gasteiger partial charge >= 0.3 is 0 Å². The van der Waals surface area contributed by atoms with Crippen molar-refractivity contribution in [1.82, 2.24) is 15.5 Å². The predicted molar refractivity (Wildman–Crippen MR) is 53.0 cm³/mol. The Morgan fingerprint density at radius 3 is 3.15 bits per heavy atom. The number of ether oxygens (including phenoxy) is 1. The van der Waals surface area contributed by atoms with Crippen LogP contribution in [-0.2, 0) is 6.54 Å². The quantitative estimate of drug-likeness (QED) is 0.552. The first-order valence-corrected chi connectivity index (χ1v) is 4.95. The summed E-state index contributed by atoms with van der Waals surface area (Å²) in [4.78, 5) is 0. The van der Waals surface area contributed by atoms with Gasteiger partial charge in [0.2, 0.25) is 0 Å². The molecule has 0 aliphatic rings. The fourth-order valence-electron chi connectivity index (χ4n) is 0.773. The van der Waals surface area contributed by atoms with Gasteiger partial charge in [-0.15, -0.1) is 16.8 Å². The molecule has 0 aliphatic carbocycles. The van der Waals surface area contributed by atoms with Crippen molar-refractivity contribution < 1.29 is 4.74 Å². The summed E-state index contributed by atoms with van der Waals surface area (Å²) in [5.74, 6) is 0. The van der Waals surface area contributed by atoms with E-state index in [9.17, 15) is 0 Å². The van der Waals surface area contributed by atoms with E-state index in [2.05, 4.69) is 22.1 Å². The van der Waals surface area contributed by atoms with Gasteiger partial charge in [0.05, 0.1) is 13.2 Å². The van der Waals surface area contributed by atoms with Crippen LogP contribution in [0.5, 0.6) is 5.19 Å². The van der Waals surface area contributed by atoms with Crippen LogP contribution in [0.25, 0.3) is 0 Å². The highest BCUT2D eigenvalue weighted by molar-refractivity contribution is 7.13. The molecule has 1 aromatic heterocycles. The van der Waals surface area contributed by atoms with E-state index in [0.29, 0.717) is 11.8 Å². The lowest BCUT2D eigenvalue weighted by Crippen LogP contribution is -2.12. The Balaban J connectivity index is 2.35. The normalized spacial score (nSPS) is 9.92. The van der Waals surface area contributed by atoms with Gasteiger partial charge in [-0.2, -0.15) is 0 Å². The number of hydrogen-bond acceptors (Lipinski definition) is 5. The first-order valence-electron chi connectivity index (χ1n) is 4.13. The molecule has 1 heterocycles. The predicted octanol–water partition coefficient (Wildman–Crippen LogP) is 1.21. The van der Waals surface area contributed by atoms with Crippen LogP contribution in [0.4, 0.5) is 0 Å². The molecule has 0 fully saturated rings. The largest absolute Gasteiger partial charge is 0.469 e. The zero-order valence-corrected chi connectivity index (χ0v) is 8.43. The SMILES string of the molecule is C=CCNCc1nnc(OCC)s1. The van der Waals surface area contributed by atoms with Gasteiger partial charge in [-0.25, -0.2) is 0 Å². The Hall–Kier alpha value is -0.940. The zero-order chi connectivity index (χ0) is 9.52. The Morgan fingerprint density at radius 2 is 2.46 bits per heavy atom. The van der Waals surface area contributed by atoms with Gasteiger partial charge in [0.25, 0.3) is 5.19 Å². The number of hydrogen-bond donors (Lipinski definition) is 1. The third kappa shape index (κ3) is 3.52. The van der Waals surface area contributed by atoms with E-state index >= 15 is 0 Å². The average Bonchev–Trinajstić information content (AvgIpc) is 2.54. The van der Waals surface area contributed by atoms with Crippen molar-refractivity contribution >= 4 is 11.3 Å². The molecule has 5 heteroatoms. The van der Waals surface area contributed by atoms with Crippen LogP contribution in [0.15, 0.2) is 12.7 Å². The summed E-state index contributed by atoms with van der Waals surface area (Å²) in [6, 6.07) is 0. The molecule has 0 unspecified atom stereocenters. The average molecular weight is 199 g/mol. The topological polar surface area (TPSA) is 47.0 Å². The van der Waals surface area contributed by atoms with Gasteiger partial charge in [-0.3, -0.25) is 0 Å². The molecule has 0 saturated heterocycles. The number of nitrogens with zero attached hydrogens (tertiary/aromatic N) is 2. The monoisotopic (exact) mass is 199 g/mol. The van der Waals surface area contributed by atoms with Crippen LogP contribution in [0.1, 0.15) is 11.9 Å². The van der Waals surface area contributed by atoms with Gasteiger partial charge in [0.1, 0.15) is 5.01 Å². The molecular weight excluding hydrogens is 186 g/mol. The third-order valence-electron chi connectivity index (χ3n) is 1.28. The van der Waals surface area contributed by atoms with Crippen molar-refractivity contribution in [2.45, 2.75) is 13.5 Å². The first kappa shape index (κ1) is 10.1. The van der Waals surface area contributed by atoms with Crippen molar-refractivity contribution in [3.05, 3.63) is 17.7 Å². The van der Waals surface area contributed by atoms with E-state index in [4.69, 9.17) is 4.74 Å². The molecule has 0 spiro atoms. The molecule has 0 radical (unpaired) electrons. The fraction of sp³-hybridized carbons (Fsp3) is 0.500. The van der Waals surface area contributed by atoms with Gasteiger partial charge in [0, 0.05) is 6.54 Å². The molecule has 0 saturated carbocycles. The fourth-order valence-corrected chi connectivity index (χ4v) is 1.49. The summed E-state index contributed by atoms with van der Waals surface area (Å²) < 4.78 is 5.19. The Morgan fingerprint density at radius 1 is 1.62 bits per heavy atom. The first-order chi connectivity index (χ1) is 6.36. The maximum Gasteiger partial charge on any atom is 0.294 e. The van der Waals surface area contributed by atoms with Crippen LogP contribution in [0.2, 0.25) is 0 Å². The maximum atomic E-state index is 5.19. The minimum absolute atomic E-state index is 0.634. The molecule has 0 atom stereocenters. The second-order valence-electron chi connectivity index (χ2n) is 2.31. The second kappa shape index (κ2) is 5.66. The van der Waals surface area contributed by atoms with E-state index in [1.807, 2.05) is 13.0 Å². The number of aromatic nitrogens is 2. The van der Waals surface area contributed by atoms with Gasteiger partial charge in [0.15, 0.2) is 0 Å². The Kier molecular flexibility index (Phi) is 4.42. The highest BCUT2D eigenvalue weighted by Crippen LogP contribution is 2.16. The Bertz CT molecular complexity index is 262. The highest BCUT2D eigenvalue weighted by atomic mass is 32.1. The summed E-state index contributed by atoms with van der Waals surface area (Å²) in [5, 5.41) is 12.5. The van der Waals surface area contributed by atoms with Crippen molar-refractivity contribution in [1.29, 1.82) is 0 Å². The molecule has 1 rings (SSSR count). The number of rotatable bonds is 6. The van der Waals surface area contributed by atoms with E-state index in [-0.39, 0.29) is 0 Å². The highest BCUT2D eigenvalue weighted by Gasteiger charge is 2.02. The molecule has 4 nitrogen and oxygen atoms in total. The molecule has 0 aliphatic heterocycles. The summed E-state index contributed by atoms with van der Waals surface area (Å²) in [6.45, 7) is 7.67. The molecule has 0 amide bonds. The van der Waals surface area contributed by atoms with Crippen LogP contribution in [0.3, 0.4) is 0 Å². The van der Waals surface area contributed by atoms with Crippen molar-refractivity contribution in [2.75, 3.05) is 13.2 Å². The van der Waals surface area contributed by atoms with Crippen molar-refractivity contribution in [3.8, 4) is 5.19 Å². The van der Waals surface area contributed by atoms with Crippen LogP contribution < -0.4 is 10.1 Å². The Labute approximate surface area is 81.6 Å². The van der Waals surface area contributed by atoms with Gasteiger partial charge in [-0.05, 0) is 6.92 Å². The van der Waals surface area contributed by atoms with E-state index in [0.717, 1.165) is 18.1 Å². The second-order valence-corrected chi connectivity index (χ2v) is 3.34. The minimum atomic E-state index is 0.634. The van der Waals surface area contributed by atoms with E-state index < -0.39 is 0 Å². The van der Waals surface area contributed by atoms with E-state index in [1.54, 1.807) is 0 Å². The lowest BCUT2D eigenvalue weighted by Gasteiger charge is -1.94. The molecular formula is C8H13N3OS. The molecule has 1 aromatic rings. The lowest BCUT2D eigenvalue weighted by atomic mass is 10.6. The van der Waals surface area contributed by atoms with Gasteiger partial charge < -0.3 is 10.1 Å². The minimum Gasteiger partial charge on any atom is -0.469 e. The molecule has 72 valence electrons. The van der Waals surface area contributed by atoms with Crippen molar-refractivity contribution in [3.63, 3.8) is 0 Å². The lowest BCUT2D eigenvalue weighted by molar-refractivity contribution is 0.335. The summed E-state index contributed by atoms with van der Waals surface area (Å²) >= 11 is 1.47. The van der Waals surface area contributed by atoms with E-state index in [1.165, 1.54) is 11.3 Å². The standard InChI is InChI=1S/C8H13N3OS/c1-3-5-9-6-7-10-11-8(13-7)12-4-2/h3,9H,1,4-6H2,2H3. The van der Waals surface area contributed by atoms with Crippen molar-refractivity contribution in [2.24, 2.45) is 0 Å². The molecule has 1 N–H and O–H groups in total. The maximum absolute atomic E-state index is 5.19. The molecule has 13 heavy (non-hydrogen) atoms. The summed E-state index contributed by atoms with van der Waals surface area (Å²) in [5.41, 5.74) is 0. The zero-order valence-electron chi connectivity index (χ0n) is 7.62. The van der Waals surface area contributed by atoms with Crippen LogP contribution in [0, 0.1) is 0 Å². The summed E-state index contributed by atoms with van der Waals surface area (Å²) in [7, 11) is 0. The third-order valence-corrected chi connectivity index (χ3v) is 2.12. The molecule has 0 aromatic carbocycles. The molecule has 0 bridgehead atoms. The van der Waals surface area contributed by atoms with Crippen LogP contribution >= 0.6 is 11.3 Å².